The van der Waals surface area contributed by atoms with E-state index in [1.807, 2.05) is 0 Å². The van der Waals surface area contributed by atoms with Crippen molar-refractivity contribution in [3.8, 4) is 11.1 Å². The smallest absolute Gasteiger partial charge is 0.0585 e. The molecule has 0 fully saturated rings. The molecular formula is C43H29N. The fourth-order valence-corrected chi connectivity index (χ4v) is 7.38. The molecule has 1 unspecified atom stereocenters. The van der Waals surface area contributed by atoms with Gasteiger partial charge >= 0.3 is 0 Å². The molecule has 0 bridgehead atoms. The highest BCUT2D eigenvalue weighted by Gasteiger charge is 2.36. The van der Waals surface area contributed by atoms with Crippen LogP contribution in [-0.2, 0) is 0 Å². The van der Waals surface area contributed by atoms with E-state index in [2.05, 4.69) is 174 Å². The standard InChI is InChI=1S/C43H29N/c1-4-14-29(15-5-1)38-28-34(26-32-20-10-12-22-36(32)38)40-37-25-24-35-27-33-21-11-13-23-39(33)44(35)43(37)42(31-18-8-3-9-19-31)41(40)30-16-6-2-7-17-30/h1-28,40H. The Labute approximate surface area is 257 Å². The van der Waals surface area contributed by atoms with Crippen LogP contribution in [0.25, 0.3) is 49.5 Å². The topological polar surface area (TPSA) is 4.41 Å². The summed E-state index contributed by atoms with van der Waals surface area (Å²) in [6.45, 7) is 0. The summed E-state index contributed by atoms with van der Waals surface area (Å²) in [5.74, 6) is 0.0558. The van der Waals surface area contributed by atoms with Crippen LogP contribution in [0.1, 0.15) is 33.9 Å². The lowest BCUT2D eigenvalue weighted by atomic mass is 9.82. The van der Waals surface area contributed by atoms with Crippen molar-refractivity contribution in [3.63, 3.8) is 0 Å². The van der Waals surface area contributed by atoms with Gasteiger partial charge in [0.15, 0.2) is 0 Å². The summed E-state index contributed by atoms with van der Waals surface area (Å²) in [6, 6.07) is 62.3. The van der Waals surface area contributed by atoms with E-state index in [9.17, 15) is 0 Å². The van der Waals surface area contributed by atoms with Crippen molar-refractivity contribution in [2.24, 2.45) is 0 Å². The molecule has 8 aromatic rings. The third-order valence-electron chi connectivity index (χ3n) is 9.23. The molecule has 0 amide bonds. The predicted molar refractivity (Wildman–Crippen MR) is 185 cm³/mol. The van der Waals surface area contributed by atoms with Crippen LogP contribution in [0.4, 0.5) is 0 Å². The molecule has 206 valence electrons. The number of benzene rings is 6. The molecule has 44 heavy (non-hydrogen) atoms. The summed E-state index contributed by atoms with van der Waals surface area (Å²) in [5, 5.41) is 3.80. The summed E-state index contributed by atoms with van der Waals surface area (Å²) in [7, 11) is 0. The van der Waals surface area contributed by atoms with Gasteiger partial charge in [-0.3, -0.25) is 0 Å². The molecule has 1 aliphatic carbocycles. The van der Waals surface area contributed by atoms with Crippen molar-refractivity contribution in [2.75, 3.05) is 0 Å². The summed E-state index contributed by atoms with van der Waals surface area (Å²) in [5.41, 5.74) is 14.1. The number of nitrogens with zero attached hydrogens (tertiary/aromatic N) is 1. The molecule has 0 spiro atoms. The molecule has 0 radical (unpaired) electrons. The summed E-state index contributed by atoms with van der Waals surface area (Å²) < 4.78 is 2.50. The Morgan fingerprint density at radius 1 is 0.455 bits per heavy atom. The van der Waals surface area contributed by atoms with Crippen LogP contribution in [-0.4, -0.2) is 4.40 Å². The number of rotatable bonds is 4. The zero-order chi connectivity index (χ0) is 29.0. The highest BCUT2D eigenvalue weighted by molar-refractivity contribution is 6.08. The lowest BCUT2D eigenvalue weighted by molar-refractivity contribution is 1.04. The van der Waals surface area contributed by atoms with Gasteiger partial charge in [0.25, 0.3) is 0 Å². The van der Waals surface area contributed by atoms with Crippen LogP contribution in [0.15, 0.2) is 170 Å². The number of hydrogen-bond acceptors (Lipinski definition) is 0. The molecule has 6 aromatic carbocycles. The van der Waals surface area contributed by atoms with Crippen molar-refractivity contribution in [3.05, 3.63) is 198 Å². The maximum absolute atomic E-state index is 2.50. The summed E-state index contributed by atoms with van der Waals surface area (Å²) in [6.07, 6.45) is 0. The van der Waals surface area contributed by atoms with Gasteiger partial charge in [0.2, 0.25) is 0 Å². The molecular weight excluding hydrogens is 530 g/mol. The van der Waals surface area contributed by atoms with Gasteiger partial charge in [-0.15, -0.1) is 0 Å². The van der Waals surface area contributed by atoms with E-state index in [0.717, 1.165) is 0 Å². The lowest BCUT2D eigenvalue weighted by Gasteiger charge is -2.21. The minimum Gasteiger partial charge on any atom is -0.309 e. The third-order valence-corrected chi connectivity index (χ3v) is 9.23. The van der Waals surface area contributed by atoms with Crippen LogP contribution in [0, 0.1) is 0 Å². The van der Waals surface area contributed by atoms with E-state index in [1.54, 1.807) is 0 Å². The van der Waals surface area contributed by atoms with Gasteiger partial charge in [-0.2, -0.15) is 0 Å². The molecule has 0 N–H and O–H groups in total. The van der Waals surface area contributed by atoms with Crippen LogP contribution in [0.3, 0.4) is 0 Å². The first-order valence-corrected chi connectivity index (χ1v) is 15.3. The highest BCUT2D eigenvalue weighted by atomic mass is 14.9. The predicted octanol–water partition coefficient (Wildman–Crippen LogP) is 11.0. The fraction of sp³-hybridized carbons (Fsp3) is 0.0233. The van der Waals surface area contributed by atoms with Crippen LogP contribution >= 0.6 is 0 Å². The van der Waals surface area contributed by atoms with Crippen molar-refractivity contribution in [1.29, 1.82) is 0 Å². The average Bonchev–Trinajstić information content (AvgIpc) is 3.65. The zero-order valence-corrected chi connectivity index (χ0v) is 24.2. The number of aromatic nitrogens is 1. The second-order valence-electron chi connectivity index (χ2n) is 11.7. The molecule has 2 heterocycles. The average molecular weight is 560 g/mol. The van der Waals surface area contributed by atoms with Crippen LogP contribution in [0.2, 0.25) is 0 Å². The molecule has 0 aliphatic heterocycles. The highest BCUT2D eigenvalue weighted by Crippen LogP contribution is 2.54. The second-order valence-corrected chi connectivity index (χ2v) is 11.7. The lowest BCUT2D eigenvalue weighted by Crippen LogP contribution is -2.03. The SMILES string of the molecule is c1ccc(C2=C(c3ccccc3)C(c3cc(-c4ccccc4)c4ccccc4c3)c3ccc4cc5ccccc5n4c32)cc1. The Kier molecular flexibility index (Phi) is 5.64. The number of hydrogen-bond donors (Lipinski definition) is 0. The largest absolute Gasteiger partial charge is 0.309 e. The number of fused-ring (bicyclic) bond motifs is 6. The van der Waals surface area contributed by atoms with E-state index in [0.29, 0.717) is 0 Å². The summed E-state index contributed by atoms with van der Waals surface area (Å²) >= 11 is 0. The molecule has 2 aromatic heterocycles. The minimum atomic E-state index is 0.0558. The molecule has 9 rings (SSSR count). The van der Waals surface area contributed by atoms with Crippen LogP contribution < -0.4 is 0 Å². The molecule has 1 atom stereocenters. The Balaban J connectivity index is 1.44. The van der Waals surface area contributed by atoms with Gasteiger partial charge in [-0.05, 0) is 74.0 Å². The van der Waals surface area contributed by atoms with Gasteiger partial charge in [0.05, 0.1) is 11.2 Å². The number of pyridine rings is 1. The Hall–Kier alpha value is -5.66. The van der Waals surface area contributed by atoms with Crippen molar-refractivity contribution in [2.45, 2.75) is 5.92 Å². The Morgan fingerprint density at radius 3 is 1.82 bits per heavy atom. The first kappa shape index (κ1) is 24.9. The molecule has 0 saturated carbocycles. The monoisotopic (exact) mass is 559 g/mol. The zero-order valence-electron chi connectivity index (χ0n) is 24.2. The summed E-state index contributed by atoms with van der Waals surface area (Å²) in [4.78, 5) is 0. The third kappa shape index (κ3) is 3.80. The van der Waals surface area contributed by atoms with E-state index >= 15 is 0 Å². The first-order chi connectivity index (χ1) is 21.8. The van der Waals surface area contributed by atoms with Crippen molar-refractivity contribution >= 4 is 38.3 Å². The van der Waals surface area contributed by atoms with Gasteiger partial charge in [-0.25, -0.2) is 0 Å². The quantitative estimate of drug-likeness (QED) is 0.202. The molecule has 0 saturated heterocycles. The van der Waals surface area contributed by atoms with Gasteiger partial charge in [0, 0.05) is 22.4 Å². The minimum absolute atomic E-state index is 0.0558. The second kappa shape index (κ2) is 9.97. The normalized spacial score (nSPS) is 14.5. The van der Waals surface area contributed by atoms with Crippen molar-refractivity contribution < 1.29 is 0 Å². The van der Waals surface area contributed by atoms with E-state index in [4.69, 9.17) is 0 Å². The van der Waals surface area contributed by atoms with Gasteiger partial charge in [-0.1, -0.05) is 146 Å². The molecule has 1 aliphatic rings. The van der Waals surface area contributed by atoms with E-state index in [-0.39, 0.29) is 5.92 Å². The molecule has 1 nitrogen and oxygen atoms in total. The van der Waals surface area contributed by atoms with Crippen molar-refractivity contribution in [1.82, 2.24) is 4.40 Å². The first-order valence-electron chi connectivity index (χ1n) is 15.3. The number of allylic oxidation sites excluding steroid dienone is 1. The maximum atomic E-state index is 2.50. The molecule has 1 heteroatoms. The van der Waals surface area contributed by atoms with E-state index < -0.39 is 0 Å². The Morgan fingerprint density at radius 2 is 1.07 bits per heavy atom. The van der Waals surface area contributed by atoms with Gasteiger partial charge in [0.1, 0.15) is 0 Å². The fourth-order valence-electron chi connectivity index (χ4n) is 7.38. The number of para-hydroxylation sites is 1. The van der Waals surface area contributed by atoms with Crippen LogP contribution in [0.5, 0.6) is 0 Å². The van der Waals surface area contributed by atoms with E-state index in [1.165, 1.54) is 77.4 Å². The maximum Gasteiger partial charge on any atom is 0.0585 e. The van der Waals surface area contributed by atoms with Gasteiger partial charge < -0.3 is 4.40 Å². The Bertz CT molecular complexity index is 2360.